The van der Waals surface area contributed by atoms with Gasteiger partial charge in [0.1, 0.15) is 11.4 Å². The molecule has 1 amide bonds. The summed E-state index contributed by atoms with van der Waals surface area (Å²) in [5.41, 5.74) is 3.77. The zero-order valence-electron chi connectivity index (χ0n) is 22.0. The van der Waals surface area contributed by atoms with Gasteiger partial charge < -0.3 is 23.8 Å². The van der Waals surface area contributed by atoms with E-state index in [-0.39, 0.29) is 12.0 Å². The van der Waals surface area contributed by atoms with E-state index in [9.17, 15) is 4.79 Å². The van der Waals surface area contributed by atoms with Gasteiger partial charge in [-0.3, -0.25) is 4.79 Å². The number of hydrogen-bond acceptors (Lipinski definition) is 8. The fourth-order valence-corrected chi connectivity index (χ4v) is 5.36. The summed E-state index contributed by atoms with van der Waals surface area (Å²) in [6, 6.07) is 13.6. The number of nitrogens with zero attached hydrogens (tertiary/aromatic N) is 3. The molecule has 0 aliphatic carbocycles. The number of aryl methyl sites for hydroxylation is 1. The van der Waals surface area contributed by atoms with Crippen LogP contribution in [0.5, 0.6) is 17.2 Å². The van der Waals surface area contributed by atoms with E-state index in [1.807, 2.05) is 53.6 Å². The fraction of sp³-hybridized carbons (Fsp3) is 0.345. The summed E-state index contributed by atoms with van der Waals surface area (Å²) in [7, 11) is 4.86. The number of hydrogen-bond donors (Lipinski definition) is 0. The van der Waals surface area contributed by atoms with Gasteiger partial charge in [0.15, 0.2) is 11.5 Å². The number of aromatic nitrogens is 2. The Bertz CT molecular complexity index is 1450. The van der Waals surface area contributed by atoms with Crippen LogP contribution in [0.1, 0.15) is 33.9 Å². The van der Waals surface area contributed by atoms with E-state index in [1.54, 1.807) is 21.3 Å². The second kappa shape index (κ2) is 11.4. The molecule has 0 radical (unpaired) electrons. The Labute approximate surface area is 226 Å². The monoisotopic (exact) mass is 533 g/mol. The number of methoxy groups -OCH3 is 3. The Hall–Kier alpha value is -3.69. The van der Waals surface area contributed by atoms with Crippen LogP contribution in [0.4, 0.5) is 0 Å². The van der Waals surface area contributed by atoms with E-state index in [2.05, 4.69) is 11.1 Å². The zero-order chi connectivity index (χ0) is 26.6. The molecule has 38 heavy (non-hydrogen) atoms. The van der Waals surface area contributed by atoms with E-state index in [4.69, 9.17) is 23.9 Å². The lowest BCUT2D eigenvalue weighted by Crippen LogP contribution is -2.37. The van der Waals surface area contributed by atoms with Crippen LogP contribution in [0.25, 0.3) is 22.2 Å². The Balaban J connectivity index is 1.62. The van der Waals surface area contributed by atoms with Crippen LogP contribution in [0.2, 0.25) is 0 Å². The van der Waals surface area contributed by atoms with Crippen molar-refractivity contribution in [2.45, 2.75) is 32.4 Å². The van der Waals surface area contributed by atoms with E-state index in [0.717, 1.165) is 57.9 Å². The van der Waals surface area contributed by atoms with Gasteiger partial charge in [-0.2, -0.15) is 0 Å². The van der Waals surface area contributed by atoms with Crippen LogP contribution < -0.4 is 14.2 Å². The van der Waals surface area contributed by atoms with Crippen LogP contribution in [-0.4, -0.2) is 61.4 Å². The molecule has 0 spiro atoms. The average Bonchev–Trinajstić information content (AvgIpc) is 3.63. The predicted octanol–water partition coefficient (Wildman–Crippen LogP) is 5.51. The first-order valence-electron chi connectivity index (χ1n) is 12.5. The Kier molecular flexibility index (Phi) is 7.76. The predicted molar refractivity (Wildman–Crippen MR) is 147 cm³/mol. The van der Waals surface area contributed by atoms with E-state index in [0.29, 0.717) is 30.3 Å². The minimum Gasteiger partial charge on any atom is -0.497 e. The maximum absolute atomic E-state index is 13.7. The van der Waals surface area contributed by atoms with E-state index < -0.39 is 0 Å². The topological polar surface area (TPSA) is 83.0 Å². The minimum absolute atomic E-state index is 0.00303. The summed E-state index contributed by atoms with van der Waals surface area (Å²) >= 11 is 1.47. The lowest BCUT2D eigenvalue weighted by atomic mass is 10.0. The summed E-state index contributed by atoms with van der Waals surface area (Å²) in [6.45, 7) is 3.45. The number of ether oxygens (including phenoxy) is 4. The molecule has 9 heteroatoms. The van der Waals surface area contributed by atoms with Crippen molar-refractivity contribution < 1.29 is 23.7 Å². The first-order chi connectivity index (χ1) is 18.5. The van der Waals surface area contributed by atoms with Gasteiger partial charge in [0.25, 0.3) is 5.91 Å². The highest BCUT2D eigenvalue weighted by atomic mass is 32.1. The van der Waals surface area contributed by atoms with Crippen LogP contribution in [0.3, 0.4) is 0 Å². The molecule has 1 aliphatic rings. The van der Waals surface area contributed by atoms with Gasteiger partial charge in [-0.25, -0.2) is 9.97 Å². The highest BCUT2D eigenvalue weighted by Crippen LogP contribution is 2.35. The minimum atomic E-state index is -0.117. The smallest absolute Gasteiger partial charge is 0.273 e. The number of pyridine rings is 1. The molecule has 0 saturated carbocycles. The molecule has 0 bridgehead atoms. The molecule has 0 unspecified atom stereocenters. The summed E-state index contributed by atoms with van der Waals surface area (Å²) in [5.74, 6) is 1.83. The molecule has 2 aromatic carbocycles. The summed E-state index contributed by atoms with van der Waals surface area (Å²) in [5, 5.41) is 3.56. The van der Waals surface area contributed by atoms with Crippen LogP contribution in [0, 0.1) is 6.92 Å². The normalized spacial score (nSPS) is 15.0. The third-order valence-electron chi connectivity index (χ3n) is 6.68. The van der Waals surface area contributed by atoms with Crippen molar-refractivity contribution in [3.05, 3.63) is 64.1 Å². The highest BCUT2D eigenvalue weighted by Gasteiger charge is 2.26. The van der Waals surface area contributed by atoms with E-state index in [1.165, 1.54) is 11.3 Å². The molecule has 4 aromatic rings. The first kappa shape index (κ1) is 25.9. The molecule has 198 valence electrons. The molecular weight excluding hydrogens is 502 g/mol. The largest absolute Gasteiger partial charge is 0.497 e. The molecular formula is C29H31N3O5S. The van der Waals surface area contributed by atoms with Gasteiger partial charge in [0.05, 0.1) is 43.7 Å². The third-order valence-corrected chi connectivity index (χ3v) is 7.45. The second-order valence-electron chi connectivity index (χ2n) is 9.20. The van der Waals surface area contributed by atoms with Crippen LogP contribution >= 0.6 is 11.3 Å². The molecule has 1 saturated heterocycles. The molecule has 1 aliphatic heterocycles. The second-order valence-corrected chi connectivity index (χ2v) is 10.3. The Morgan fingerprint density at radius 2 is 1.89 bits per heavy atom. The third kappa shape index (κ3) is 5.44. The number of thiazole rings is 1. The van der Waals surface area contributed by atoms with Crippen LogP contribution in [0.15, 0.2) is 47.8 Å². The standard InChI is InChI=1S/C29H31N3O5S/c1-18-30-25(17-38-18)29(33)32(16-23-9-6-10-37-23)15-21-11-20-13-26(35-3)27(36-4)14-24(20)31-28(21)19-7-5-8-22(12-19)34-2/h5,7-8,11-14,17,23H,6,9-10,15-16H2,1-4H3/t23-/m0/s1. The van der Waals surface area contributed by atoms with Crippen molar-refractivity contribution in [3.63, 3.8) is 0 Å². The molecule has 0 N–H and O–H groups in total. The van der Waals surface area contributed by atoms with Gasteiger partial charge in [0.2, 0.25) is 0 Å². The number of rotatable bonds is 9. The number of benzene rings is 2. The molecule has 5 rings (SSSR count). The van der Waals surface area contributed by atoms with Crippen molar-refractivity contribution in [1.82, 2.24) is 14.9 Å². The lowest BCUT2D eigenvalue weighted by molar-refractivity contribution is 0.0503. The molecule has 1 fully saturated rings. The van der Waals surface area contributed by atoms with Crippen molar-refractivity contribution in [3.8, 4) is 28.5 Å². The quantitative estimate of drug-likeness (QED) is 0.280. The van der Waals surface area contributed by atoms with Crippen molar-refractivity contribution in [2.24, 2.45) is 0 Å². The van der Waals surface area contributed by atoms with Crippen LogP contribution in [-0.2, 0) is 11.3 Å². The van der Waals surface area contributed by atoms with Gasteiger partial charge in [0, 0.05) is 42.1 Å². The van der Waals surface area contributed by atoms with Gasteiger partial charge in [-0.05, 0) is 49.6 Å². The number of carbonyl (C=O) groups is 1. The SMILES string of the molecule is COc1cccc(-c2nc3cc(OC)c(OC)cc3cc2CN(C[C@@H]2CCCO2)C(=O)c2csc(C)n2)c1. The number of carbonyl (C=O) groups excluding carboxylic acids is 1. The fourth-order valence-electron chi connectivity index (χ4n) is 4.77. The zero-order valence-corrected chi connectivity index (χ0v) is 22.8. The number of amides is 1. The van der Waals surface area contributed by atoms with Crippen molar-refractivity contribution in [1.29, 1.82) is 0 Å². The molecule has 3 heterocycles. The summed E-state index contributed by atoms with van der Waals surface area (Å²) in [4.78, 5) is 25.0. The van der Waals surface area contributed by atoms with E-state index >= 15 is 0 Å². The van der Waals surface area contributed by atoms with Gasteiger partial charge in [-0.15, -0.1) is 11.3 Å². The lowest BCUT2D eigenvalue weighted by Gasteiger charge is -2.26. The maximum Gasteiger partial charge on any atom is 0.273 e. The average molecular weight is 534 g/mol. The van der Waals surface area contributed by atoms with Crippen molar-refractivity contribution >= 4 is 28.1 Å². The maximum atomic E-state index is 13.7. The van der Waals surface area contributed by atoms with Crippen molar-refractivity contribution in [2.75, 3.05) is 34.5 Å². The summed E-state index contributed by atoms with van der Waals surface area (Å²) in [6.07, 6.45) is 1.92. The highest BCUT2D eigenvalue weighted by molar-refractivity contribution is 7.09. The molecule has 8 nitrogen and oxygen atoms in total. The summed E-state index contributed by atoms with van der Waals surface area (Å²) < 4.78 is 22.5. The number of fused-ring (bicyclic) bond motifs is 1. The van der Waals surface area contributed by atoms with Gasteiger partial charge >= 0.3 is 0 Å². The van der Waals surface area contributed by atoms with Gasteiger partial charge in [-0.1, -0.05) is 12.1 Å². The Morgan fingerprint density at radius 3 is 2.58 bits per heavy atom. The Morgan fingerprint density at radius 1 is 1.08 bits per heavy atom. The molecule has 1 atom stereocenters. The molecule has 2 aromatic heterocycles. The first-order valence-corrected chi connectivity index (χ1v) is 13.4.